The van der Waals surface area contributed by atoms with Gasteiger partial charge in [0.05, 0.1) is 12.6 Å². The zero-order valence-corrected chi connectivity index (χ0v) is 16.9. The smallest absolute Gasteiger partial charge is 0.319 e. The number of nitrogens with one attached hydrogen (secondary N) is 2. The molecule has 28 heavy (non-hydrogen) atoms. The first kappa shape index (κ1) is 20.2. The van der Waals surface area contributed by atoms with Gasteiger partial charge in [-0.2, -0.15) is 0 Å². The van der Waals surface area contributed by atoms with E-state index in [4.69, 9.17) is 11.6 Å². The molecule has 0 spiro atoms. The highest BCUT2D eigenvalue weighted by molar-refractivity contribution is 6.30. The summed E-state index contributed by atoms with van der Waals surface area (Å²) in [5, 5.41) is 6.30. The Morgan fingerprint density at radius 1 is 1.11 bits per heavy atom. The Balaban J connectivity index is 1.52. The Morgan fingerprint density at radius 3 is 2.43 bits per heavy atom. The summed E-state index contributed by atoms with van der Waals surface area (Å²) in [5.41, 5.74) is 2.72. The lowest BCUT2D eigenvalue weighted by Gasteiger charge is -2.36. The van der Waals surface area contributed by atoms with Crippen molar-refractivity contribution < 1.29 is 9.59 Å². The molecule has 1 aliphatic heterocycles. The lowest BCUT2D eigenvalue weighted by atomic mass is 10.1. The number of carbonyl (C=O) groups excluding carboxylic acids is 2. The average molecular weight is 401 g/mol. The molecule has 0 unspecified atom stereocenters. The van der Waals surface area contributed by atoms with E-state index in [1.807, 2.05) is 60.2 Å². The summed E-state index contributed by atoms with van der Waals surface area (Å²) in [6.45, 7) is 4.51. The molecule has 6 nitrogen and oxygen atoms in total. The van der Waals surface area contributed by atoms with E-state index in [2.05, 4.69) is 10.6 Å². The maximum absolute atomic E-state index is 12.3. The van der Waals surface area contributed by atoms with Crippen molar-refractivity contribution in [3.05, 3.63) is 64.7 Å². The van der Waals surface area contributed by atoms with Gasteiger partial charge in [-0.3, -0.25) is 9.69 Å². The van der Waals surface area contributed by atoms with Crippen LogP contribution >= 0.6 is 11.6 Å². The summed E-state index contributed by atoms with van der Waals surface area (Å²) in [6, 6.07) is 14.7. The van der Waals surface area contributed by atoms with E-state index in [-0.39, 0.29) is 18.0 Å². The van der Waals surface area contributed by atoms with Crippen molar-refractivity contribution in [1.29, 1.82) is 0 Å². The second-order valence-electron chi connectivity index (χ2n) is 7.06. The molecule has 1 aliphatic rings. The van der Waals surface area contributed by atoms with Crippen molar-refractivity contribution in [2.75, 3.05) is 32.0 Å². The van der Waals surface area contributed by atoms with Crippen molar-refractivity contribution in [3.63, 3.8) is 0 Å². The van der Waals surface area contributed by atoms with Gasteiger partial charge in [-0.1, -0.05) is 35.9 Å². The van der Waals surface area contributed by atoms with Crippen LogP contribution in [0.4, 0.5) is 10.5 Å². The molecule has 2 aromatic rings. The third-order valence-corrected chi connectivity index (χ3v) is 5.18. The van der Waals surface area contributed by atoms with Gasteiger partial charge in [0.1, 0.15) is 0 Å². The van der Waals surface area contributed by atoms with Crippen LogP contribution in [0, 0.1) is 0 Å². The van der Waals surface area contributed by atoms with E-state index in [0.717, 1.165) is 24.2 Å². The van der Waals surface area contributed by atoms with E-state index >= 15 is 0 Å². The Morgan fingerprint density at radius 2 is 1.79 bits per heavy atom. The normalized spacial score (nSPS) is 16.0. The number of anilines is 1. The fraction of sp³-hybridized carbons (Fsp3) is 0.333. The first-order chi connectivity index (χ1) is 13.4. The number of nitrogens with zero attached hydrogens (tertiary/aromatic N) is 2. The molecule has 2 N–H and O–H groups in total. The van der Waals surface area contributed by atoms with Crippen molar-refractivity contribution in [1.82, 2.24) is 15.1 Å². The predicted octanol–water partition coefficient (Wildman–Crippen LogP) is 3.50. The van der Waals surface area contributed by atoms with Gasteiger partial charge in [-0.15, -0.1) is 0 Å². The van der Waals surface area contributed by atoms with Gasteiger partial charge in [0.25, 0.3) is 0 Å². The molecule has 0 radical (unpaired) electrons. The minimum absolute atomic E-state index is 0.00832. The number of urea groups is 1. The predicted molar refractivity (Wildman–Crippen MR) is 111 cm³/mol. The van der Waals surface area contributed by atoms with Crippen LogP contribution in [0.3, 0.4) is 0 Å². The lowest BCUT2D eigenvalue weighted by molar-refractivity contribution is -0.137. The van der Waals surface area contributed by atoms with Gasteiger partial charge in [0.2, 0.25) is 5.91 Å². The maximum Gasteiger partial charge on any atom is 0.319 e. The molecule has 1 heterocycles. The molecule has 1 atom stereocenters. The van der Waals surface area contributed by atoms with Gasteiger partial charge in [-0.05, 0) is 49.4 Å². The molecule has 1 saturated heterocycles. The number of hydrogen-bond donors (Lipinski definition) is 2. The van der Waals surface area contributed by atoms with Crippen molar-refractivity contribution in [2.24, 2.45) is 0 Å². The van der Waals surface area contributed by atoms with E-state index < -0.39 is 0 Å². The molecular formula is C21H25ClN4O2. The summed E-state index contributed by atoms with van der Waals surface area (Å²) in [7, 11) is 1.96. The number of hydrogen-bond acceptors (Lipinski definition) is 3. The number of carbonyl (C=O) groups is 2. The molecule has 0 aliphatic carbocycles. The van der Waals surface area contributed by atoms with Crippen LogP contribution < -0.4 is 10.6 Å². The van der Waals surface area contributed by atoms with Crippen LogP contribution in [-0.2, 0) is 11.3 Å². The van der Waals surface area contributed by atoms with Gasteiger partial charge in [0.15, 0.2) is 0 Å². The summed E-state index contributed by atoms with van der Waals surface area (Å²) in [6.07, 6.45) is 0. The first-order valence-electron chi connectivity index (χ1n) is 9.29. The molecule has 2 aromatic carbocycles. The highest BCUT2D eigenvalue weighted by atomic mass is 35.5. The largest absolute Gasteiger partial charge is 0.334 e. The summed E-state index contributed by atoms with van der Waals surface area (Å²) < 4.78 is 0. The van der Waals surface area contributed by atoms with Gasteiger partial charge >= 0.3 is 6.03 Å². The number of rotatable bonds is 5. The molecule has 0 saturated carbocycles. The highest BCUT2D eigenvalue weighted by Crippen LogP contribution is 2.23. The zero-order chi connectivity index (χ0) is 20.1. The molecule has 1 fully saturated rings. The molecule has 0 aromatic heterocycles. The molecule has 3 rings (SSSR count). The van der Waals surface area contributed by atoms with Crippen molar-refractivity contribution >= 4 is 29.2 Å². The first-order valence-corrected chi connectivity index (χ1v) is 9.67. The zero-order valence-electron chi connectivity index (χ0n) is 16.1. The summed E-state index contributed by atoms with van der Waals surface area (Å²) >= 11 is 5.86. The van der Waals surface area contributed by atoms with E-state index in [1.54, 1.807) is 12.1 Å². The highest BCUT2D eigenvalue weighted by Gasteiger charge is 2.26. The standard InChI is InChI=1S/C21H25ClN4O2/c1-15(26-12-11-25(2)14-20(26)27)17-5-9-19(10-6-17)24-21(28)23-13-16-3-7-18(22)8-4-16/h3-10,15H,11-14H2,1-2H3,(H2,23,24,28)/t15-/m0/s1. The van der Waals surface area contributed by atoms with Crippen LogP contribution in [0.2, 0.25) is 5.02 Å². The number of piperazine rings is 1. The quantitative estimate of drug-likeness (QED) is 0.807. The van der Waals surface area contributed by atoms with Crippen LogP contribution in [0.1, 0.15) is 24.1 Å². The second kappa shape index (κ2) is 9.08. The third kappa shape index (κ3) is 5.24. The number of likely N-dealkylation sites (N-methyl/N-ethyl adjacent to an activating group) is 1. The number of halogens is 1. The second-order valence-corrected chi connectivity index (χ2v) is 7.49. The van der Waals surface area contributed by atoms with Crippen LogP contribution in [0.15, 0.2) is 48.5 Å². The molecule has 0 bridgehead atoms. The van der Waals surface area contributed by atoms with Gasteiger partial charge in [0, 0.05) is 30.3 Å². The number of benzene rings is 2. The van der Waals surface area contributed by atoms with E-state index in [1.165, 1.54) is 0 Å². The summed E-state index contributed by atoms with van der Waals surface area (Å²) in [5.74, 6) is 0.144. The fourth-order valence-corrected chi connectivity index (χ4v) is 3.32. The van der Waals surface area contributed by atoms with Crippen LogP contribution in [0.5, 0.6) is 0 Å². The number of amides is 3. The Labute approximate surface area is 170 Å². The molecule has 3 amide bonds. The topological polar surface area (TPSA) is 64.7 Å². The Hall–Kier alpha value is -2.57. The monoisotopic (exact) mass is 400 g/mol. The van der Waals surface area contributed by atoms with E-state index in [0.29, 0.717) is 23.8 Å². The fourth-order valence-electron chi connectivity index (χ4n) is 3.20. The van der Waals surface area contributed by atoms with Crippen LogP contribution in [0.25, 0.3) is 0 Å². The minimum Gasteiger partial charge on any atom is -0.334 e. The van der Waals surface area contributed by atoms with Gasteiger partial charge < -0.3 is 15.5 Å². The van der Waals surface area contributed by atoms with Crippen LogP contribution in [-0.4, -0.2) is 48.4 Å². The third-order valence-electron chi connectivity index (χ3n) is 4.93. The average Bonchev–Trinajstić information content (AvgIpc) is 2.68. The maximum atomic E-state index is 12.3. The minimum atomic E-state index is -0.273. The summed E-state index contributed by atoms with van der Waals surface area (Å²) in [4.78, 5) is 28.3. The van der Waals surface area contributed by atoms with Crippen molar-refractivity contribution in [3.8, 4) is 0 Å². The van der Waals surface area contributed by atoms with Crippen molar-refractivity contribution in [2.45, 2.75) is 19.5 Å². The SMILES string of the molecule is C[C@@H](c1ccc(NC(=O)NCc2ccc(Cl)cc2)cc1)N1CCN(C)CC1=O. The molecular weight excluding hydrogens is 376 g/mol. The van der Waals surface area contributed by atoms with Gasteiger partial charge in [-0.25, -0.2) is 4.79 Å². The Bertz CT molecular complexity index is 823. The lowest BCUT2D eigenvalue weighted by Crippen LogP contribution is -2.49. The molecule has 148 valence electrons. The Kier molecular flexibility index (Phi) is 6.54. The van der Waals surface area contributed by atoms with E-state index in [9.17, 15) is 9.59 Å². The molecule has 7 heteroatoms.